The Morgan fingerprint density at radius 3 is 2.23 bits per heavy atom. The smallest absolute Gasteiger partial charge is 0.255 e. The Morgan fingerprint density at radius 2 is 1.61 bits per heavy atom. The van der Waals surface area contributed by atoms with Crippen molar-refractivity contribution in [2.24, 2.45) is 17.6 Å². The minimum Gasteiger partial charge on any atom is -0.389 e. The fourth-order valence-electron chi connectivity index (χ4n) is 6.64. The predicted octanol–water partition coefficient (Wildman–Crippen LogP) is 5.62. The van der Waals surface area contributed by atoms with Crippen molar-refractivity contribution in [3.05, 3.63) is 94.3 Å². The van der Waals surface area contributed by atoms with E-state index in [0.717, 1.165) is 11.6 Å². The maximum atomic E-state index is 13.8. The van der Waals surface area contributed by atoms with Gasteiger partial charge in [0.15, 0.2) is 27.3 Å². The van der Waals surface area contributed by atoms with E-state index in [-0.39, 0.29) is 64.5 Å². The summed E-state index contributed by atoms with van der Waals surface area (Å²) in [6.45, 7) is 0. The molecule has 2 saturated carbocycles. The van der Waals surface area contributed by atoms with Gasteiger partial charge in [-0.05, 0) is 74.1 Å². The standard InChI is InChI=1S/C32H32ClF3N2O5S/c33-24-9-6-19(31(40)38-22-16-25(34)30(36)26(35)17-22)13-29(24)44(42,43)23-14-20-7-8-21(15-23)32(20,41)11-10-28(39)27(37)12-18-4-2-1-3-5-18/h1-6,9,13,16-17,20-21,23,27,41H,7-8,10-12,14-15,37H2,(H,38,40)/t20-,21?,23?,27-,32?/m0/s1. The van der Waals surface area contributed by atoms with Crippen molar-refractivity contribution in [2.45, 2.75) is 66.7 Å². The number of Topliss-reactive ketones (excluding diaryl/α,β-unsaturated/α-hetero) is 1. The van der Waals surface area contributed by atoms with E-state index in [9.17, 15) is 36.3 Å². The Labute approximate surface area is 258 Å². The molecule has 0 heterocycles. The molecular weight excluding hydrogens is 617 g/mol. The second-order valence-electron chi connectivity index (χ2n) is 11.7. The summed E-state index contributed by atoms with van der Waals surface area (Å²) in [5.74, 6) is -6.42. The van der Waals surface area contributed by atoms with Crippen LogP contribution in [0.4, 0.5) is 18.9 Å². The summed E-state index contributed by atoms with van der Waals surface area (Å²) in [5, 5.41) is 12.9. The Balaban J connectivity index is 1.27. The zero-order chi connectivity index (χ0) is 31.8. The van der Waals surface area contributed by atoms with Gasteiger partial charge in [0.2, 0.25) is 0 Å². The molecule has 3 aromatic carbocycles. The molecule has 2 aliphatic carbocycles. The monoisotopic (exact) mass is 648 g/mol. The molecular formula is C32H32ClF3N2O5S. The zero-order valence-electron chi connectivity index (χ0n) is 23.6. The lowest BCUT2D eigenvalue weighted by Gasteiger charge is -2.42. The van der Waals surface area contributed by atoms with Gasteiger partial charge < -0.3 is 16.2 Å². The van der Waals surface area contributed by atoms with E-state index >= 15 is 0 Å². The van der Waals surface area contributed by atoms with Crippen LogP contribution in [0.2, 0.25) is 5.02 Å². The lowest BCUT2D eigenvalue weighted by Crippen LogP contribution is -2.48. The predicted molar refractivity (Wildman–Crippen MR) is 159 cm³/mol. The summed E-state index contributed by atoms with van der Waals surface area (Å²) in [7, 11) is -4.08. The van der Waals surface area contributed by atoms with Crippen LogP contribution in [0.3, 0.4) is 0 Å². The number of aliphatic hydroxyl groups is 1. The van der Waals surface area contributed by atoms with Gasteiger partial charge in [0.1, 0.15) is 5.78 Å². The number of nitrogens with two attached hydrogens (primary N) is 1. The molecule has 234 valence electrons. The molecule has 2 aliphatic rings. The van der Waals surface area contributed by atoms with Crippen molar-refractivity contribution in [1.82, 2.24) is 0 Å². The highest BCUT2D eigenvalue weighted by Crippen LogP contribution is 2.54. The van der Waals surface area contributed by atoms with Crippen LogP contribution in [0.15, 0.2) is 65.6 Å². The van der Waals surface area contributed by atoms with E-state index in [1.54, 1.807) is 0 Å². The number of rotatable bonds is 10. The average molecular weight is 649 g/mol. The number of hydrogen-bond donors (Lipinski definition) is 3. The maximum absolute atomic E-state index is 13.8. The van der Waals surface area contributed by atoms with E-state index in [0.29, 0.717) is 31.4 Å². The van der Waals surface area contributed by atoms with Crippen LogP contribution in [0, 0.1) is 29.3 Å². The Hall–Kier alpha value is -3.25. The highest BCUT2D eigenvalue weighted by Gasteiger charge is 2.55. The number of hydrogen-bond acceptors (Lipinski definition) is 6. The Kier molecular flexibility index (Phi) is 9.23. The molecule has 0 saturated heterocycles. The second-order valence-corrected chi connectivity index (χ2v) is 14.3. The Bertz CT molecular complexity index is 1650. The summed E-state index contributed by atoms with van der Waals surface area (Å²) in [4.78, 5) is 25.4. The largest absolute Gasteiger partial charge is 0.389 e. The molecule has 7 nitrogen and oxygen atoms in total. The van der Waals surface area contributed by atoms with Crippen molar-refractivity contribution in [1.29, 1.82) is 0 Å². The molecule has 0 aliphatic heterocycles. The molecule has 0 radical (unpaired) electrons. The molecule has 0 aromatic heterocycles. The van der Waals surface area contributed by atoms with Crippen LogP contribution < -0.4 is 11.1 Å². The Morgan fingerprint density at radius 1 is 1.00 bits per heavy atom. The van der Waals surface area contributed by atoms with E-state index in [2.05, 4.69) is 5.32 Å². The minimum absolute atomic E-state index is 0.0831. The number of sulfone groups is 1. The summed E-state index contributed by atoms with van der Waals surface area (Å²) in [6.07, 6.45) is 2.19. The summed E-state index contributed by atoms with van der Waals surface area (Å²) in [6, 6.07) is 13.5. The number of ketones is 1. The first-order valence-electron chi connectivity index (χ1n) is 14.3. The summed E-state index contributed by atoms with van der Waals surface area (Å²) in [5.41, 5.74) is 5.40. The van der Waals surface area contributed by atoms with E-state index in [4.69, 9.17) is 17.3 Å². The van der Waals surface area contributed by atoms with E-state index < -0.39 is 50.1 Å². The van der Waals surface area contributed by atoms with Gasteiger partial charge in [0.05, 0.1) is 26.8 Å². The third kappa shape index (κ3) is 6.42. The molecule has 0 spiro atoms. The quantitative estimate of drug-likeness (QED) is 0.245. The normalized spacial score (nSPS) is 23.7. The van der Waals surface area contributed by atoms with Crippen LogP contribution in [0.1, 0.15) is 54.4 Å². The summed E-state index contributed by atoms with van der Waals surface area (Å²) >= 11 is 6.29. The van der Waals surface area contributed by atoms with Crippen molar-refractivity contribution < 1.29 is 36.3 Å². The van der Waals surface area contributed by atoms with Gasteiger partial charge in [-0.1, -0.05) is 41.9 Å². The van der Waals surface area contributed by atoms with Gasteiger partial charge in [-0.2, -0.15) is 0 Å². The van der Waals surface area contributed by atoms with Gasteiger partial charge in [-0.3, -0.25) is 9.59 Å². The van der Waals surface area contributed by atoms with Crippen LogP contribution in [-0.4, -0.2) is 42.1 Å². The third-order valence-electron chi connectivity index (χ3n) is 9.04. The average Bonchev–Trinajstić information content (AvgIpc) is 3.13. The third-order valence-corrected chi connectivity index (χ3v) is 11.7. The number of carbonyl (C=O) groups excluding carboxylic acids is 2. The molecule has 5 rings (SSSR count). The number of fused-ring (bicyclic) bond motifs is 2. The van der Waals surface area contributed by atoms with Gasteiger partial charge in [0, 0.05) is 29.8 Å². The molecule has 12 heteroatoms. The number of nitrogens with one attached hydrogen (secondary N) is 1. The topological polar surface area (TPSA) is 127 Å². The van der Waals surface area contributed by atoms with Crippen molar-refractivity contribution in [3.63, 3.8) is 0 Å². The zero-order valence-corrected chi connectivity index (χ0v) is 25.2. The molecule has 4 N–H and O–H groups in total. The summed E-state index contributed by atoms with van der Waals surface area (Å²) < 4.78 is 68.1. The first-order chi connectivity index (χ1) is 20.8. The fraction of sp³-hybridized carbons (Fsp3) is 0.375. The molecule has 2 bridgehead atoms. The SMILES string of the molecule is N[C@@H](Cc1ccccc1)C(=O)CCC1(O)C2CC[C@H]1CC(S(=O)(=O)c1cc(C(=O)Nc3cc(F)c(F)c(F)c3)ccc1Cl)C2. The number of amides is 1. The van der Waals surface area contributed by atoms with E-state index in [1.807, 2.05) is 30.3 Å². The van der Waals surface area contributed by atoms with E-state index in [1.165, 1.54) is 12.1 Å². The van der Waals surface area contributed by atoms with Gasteiger partial charge in [-0.15, -0.1) is 0 Å². The van der Waals surface area contributed by atoms with Crippen LogP contribution >= 0.6 is 11.6 Å². The number of halogens is 4. The maximum Gasteiger partial charge on any atom is 0.255 e. The molecule has 2 fully saturated rings. The van der Waals surface area contributed by atoms with Crippen LogP contribution in [0.25, 0.3) is 0 Å². The number of carbonyl (C=O) groups is 2. The molecule has 5 atom stereocenters. The second kappa shape index (κ2) is 12.6. The van der Waals surface area contributed by atoms with Gasteiger partial charge in [0.25, 0.3) is 5.91 Å². The molecule has 3 aromatic rings. The number of benzene rings is 3. The fourth-order valence-corrected chi connectivity index (χ4v) is 9.04. The molecule has 3 unspecified atom stereocenters. The lowest BCUT2D eigenvalue weighted by molar-refractivity contribution is -0.123. The molecule has 44 heavy (non-hydrogen) atoms. The van der Waals surface area contributed by atoms with Crippen molar-refractivity contribution in [2.75, 3.05) is 5.32 Å². The van der Waals surface area contributed by atoms with Crippen LogP contribution in [0.5, 0.6) is 0 Å². The first kappa shape index (κ1) is 32.2. The lowest BCUT2D eigenvalue weighted by atomic mass is 9.71. The van der Waals surface area contributed by atoms with Crippen molar-refractivity contribution >= 4 is 38.8 Å². The highest BCUT2D eigenvalue weighted by atomic mass is 35.5. The van der Waals surface area contributed by atoms with Crippen LogP contribution in [-0.2, 0) is 21.1 Å². The van der Waals surface area contributed by atoms with Gasteiger partial charge in [-0.25, -0.2) is 21.6 Å². The van der Waals surface area contributed by atoms with Crippen molar-refractivity contribution in [3.8, 4) is 0 Å². The first-order valence-corrected chi connectivity index (χ1v) is 16.3. The highest BCUT2D eigenvalue weighted by molar-refractivity contribution is 7.92. The minimum atomic E-state index is -4.08. The number of anilines is 1. The molecule has 1 amide bonds. The van der Waals surface area contributed by atoms with Gasteiger partial charge >= 0.3 is 0 Å².